The fourth-order valence-corrected chi connectivity index (χ4v) is 3.15. The molecule has 15 heteroatoms. The van der Waals surface area contributed by atoms with Gasteiger partial charge in [0.2, 0.25) is 0 Å². The van der Waals surface area contributed by atoms with Crippen LogP contribution in [0.15, 0.2) is 59.4 Å². The summed E-state index contributed by atoms with van der Waals surface area (Å²) in [5.41, 5.74) is -3.99. The first-order chi connectivity index (χ1) is 16.9. The van der Waals surface area contributed by atoms with Crippen LogP contribution in [0.25, 0.3) is 22.9 Å². The molecule has 4 aromatic rings. The number of nitrogens with zero attached hydrogens (tertiary/aromatic N) is 5. The van der Waals surface area contributed by atoms with Crippen molar-refractivity contribution >= 4 is 5.82 Å². The SMILES string of the molecule is OC(CNc1ccnc(-c2cc(-c3ccon3)n(Cc3ccccc3F)n2)n1)(C(F)(F)F)C(F)(F)F. The van der Waals surface area contributed by atoms with Crippen LogP contribution in [-0.2, 0) is 6.54 Å². The Bertz CT molecular complexity index is 1320. The minimum absolute atomic E-state index is 0.0446. The predicted octanol–water partition coefficient (Wildman–Crippen LogP) is 4.45. The van der Waals surface area contributed by atoms with E-state index in [9.17, 15) is 35.8 Å². The van der Waals surface area contributed by atoms with Gasteiger partial charge in [0, 0.05) is 17.8 Å². The van der Waals surface area contributed by atoms with Gasteiger partial charge in [-0.25, -0.2) is 14.4 Å². The van der Waals surface area contributed by atoms with E-state index in [4.69, 9.17) is 4.52 Å². The predicted molar refractivity (Wildman–Crippen MR) is 110 cm³/mol. The molecular formula is C21H15F7N6O2. The number of aromatic nitrogens is 5. The van der Waals surface area contributed by atoms with Gasteiger partial charge in [-0.15, -0.1) is 0 Å². The first-order valence-corrected chi connectivity index (χ1v) is 10.0. The molecule has 0 bridgehead atoms. The summed E-state index contributed by atoms with van der Waals surface area (Å²) in [7, 11) is 0. The Balaban J connectivity index is 1.65. The van der Waals surface area contributed by atoms with E-state index in [2.05, 4.69) is 20.2 Å². The lowest BCUT2D eigenvalue weighted by atomic mass is 10.0. The molecule has 0 aliphatic heterocycles. The van der Waals surface area contributed by atoms with Gasteiger partial charge in [-0.2, -0.15) is 31.4 Å². The highest BCUT2D eigenvalue weighted by molar-refractivity contribution is 5.63. The summed E-state index contributed by atoms with van der Waals surface area (Å²) in [6.45, 7) is -1.99. The Kier molecular flexibility index (Phi) is 6.43. The molecule has 190 valence electrons. The van der Waals surface area contributed by atoms with Crippen LogP contribution in [-0.4, -0.2) is 54.5 Å². The van der Waals surface area contributed by atoms with Gasteiger partial charge in [0.25, 0.3) is 5.60 Å². The lowest BCUT2D eigenvalue weighted by Gasteiger charge is -2.32. The average Bonchev–Trinajstić information content (AvgIpc) is 3.48. The highest BCUT2D eigenvalue weighted by Crippen LogP contribution is 2.43. The highest BCUT2D eigenvalue weighted by Gasteiger charge is 2.70. The maximum Gasteiger partial charge on any atom is 0.428 e. The van der Waals surface area contributed by atoms with Gasteiger partial charge >= 0.3 is 12.4 Å². The number of hydrogen-bond donors (Lipinski definition) is 2. The molecule has 0 radical (unpaired) electrons. The van der Waals surface area contributed by atoms with Crippen molar-refractivity contribution < 1.29 is 40.4 Å². The largest absolute Gasteiger partial charge is 0.428 e. The number of hydrogen-bond acceptors (Lipinski definition) is 7. The van der Waals surface area contributed by atoms with E-state index in [1.807, 2.05) is 5.32 Å². The van der Waals surface area contributed by atoms with E-state index in [1.165, 1.54) is 41.3 Å². The van der Waals surface area contributed by atoms with Crippen molar-refractivity contribution in [3.05, 3.63) is 66.3 Å². The van der Waals surface area contributed by atoms with Gasteiger partial charge in [-0.3, -0.25) is 4.68 Å². The monoisotopic (exact) mass is 516 g/mol. The van der Waals surface area contributed by atoms with Crippen molar-refractivity contribution in [2.24, 2.45) is 0 Å². The van der Waals surface area contributed by atoms with Crippen molar-refractivity contribution in [2.45, 2.75) is 24.5 Å². The molecular weight excluding hydrogens is 501 g/mol. The van der Waals surface area contributed by atoms with Crippen LogP contribution in [0.5, 0.6) is 0 Å². The Morgan fingerprint density at radius 3 is 2.33 bits per heavy atom. The van der Waals surface area contributed by atoms with E-state index in [0.717, 1.165) is 12.3 Å². The molecule has 8 nitrogen and oxygen atoms in total. The van der Waals surface area contributed by atoms with Gasteiger partial charge in [0.1, 0.15) is 29.3 Å². The van der Waals surface area contributed by atoms with E-state index in [1.54, 1.807) is 6.07 Å². The molecule has 3 aromatic heterocycles. The number of anilines is 1. The minimum Gasteiger partial charge on any atom is -0.372 e. The number of rotatable bonds is 7. The zero-order valence-electron chi connectivity index (χ0n) is 17.8. The summed E-state index contributed by atoms with van der Waals surface area (Å²) in [4.78, 5) is 7.87. The van der Waals surface area contributed by atoms with E-state index < -0.39 is 36.1 Å². The standard InChI is InChI=1S/C21H15F7N6O2/c22-13-4-2-1-3-12(13)10-34-16(14-6-8-36-33-14)9-15(32-34)18-29-7-5-17(31-18)30-11-19(35,20(23,24)25)21(26,27)28/h1-9,35H,10-11H2,(H,29,30,31). The van der Waals surface area contributed by atoms with Gasteiger partial charge < -0.3 is 14.9 Å². The molecule has 0 amide bonds. The summed E-state index contributed by atoms with van der Waals surface area (Å²) >= 11 is 0. The summed E-state index contributed by atoms with van der Waals surface area (Å²) in [6, 6.07) is 9.90. The summed E-state index contributed by atoms with van der Waals surface area (Å²) in [6.07, 6.45) is -9.62. The van der Waals surface area contributed by atoms with Gasteiger partial charge in [0.05, 0.1) is 18.8 Å². The van der Waals surface area contributed by atoms with Gasteiger partial charge in [-0.1, -0.05) is 23.4 Å². The third-order valence-electron chi connectivity index (χ3n) is 5.11. The fraction of sp³-hybridized carbons (Fsp3) is 0.238. The molecule has 0 aliphatic rings. The third-order valence-corrected chi connectivity index (χ3v) is 5.11. The van der Waals surface area contributed by atoms with Crippen LogP contribution >= 0.6 is 0 Å². The number of benzene rings is 1. The van der Waals surface area contributed by atoms with Crippen molar-refractivity contribution in [1.29, 1.82) is 0 Å². The molecule has 2 N–H and O–H groups in total. The highest BCUT2D eigenvalue weighted by atomic mass is 19.4. The number of nitrogens with one attached hydrogen (secondary N) is 1. The fourth-order valence-electron chi connectivity index (χ4n) is 3.15. The second-order valence-electron chi connectivity index (χ2n) is 7.52. The molecule has 0 spiro atoms. The summed E-state index contributed by atoms with van der Waals surface area (Å²) in [5, 5.41) is 19.3. The first-order valence-electron chi connectivity index (χ1n) is 10.0. The third kappa shape index (κ3) is 4.86. The van der Waals surface area contributed by atoms with Crippen molar-refractivity contribution in [3.63, 3.8) is 0 Å². The summed E-state index contributed by atoms with van der Waals surface area (Å²) in [5.74, 6) is -1.09. The lowest BCUT2D eigenvalue weighted by molar-refractivity contribution is -0.362. The molecule has 1 aromatic carbocycles. The van der Waals surface area contributed by atoms with E-state index in [0.29, 0.717) is 11.4 Å². The van der Waals surface area contributed by atoms with E-state index in [-0.39, 0.29) is 23.6 Å². The van der Waals surface area contributed by atoms with Crippen LogP contribution in [0.1, 0.15) is 5.56 Å². The molecule has 0 aliphatic carbocycles. The molecule has 0 atom stereocenters. The molecule has 0 saturated heterocycles. The number of halogens is 7. The first kappa shape index (κ1) is 25.1. The van der Waals surface area contributed by atoms with Crippen LogP contribution in [0.3, 0.4) is 0 Å². The minimum atomic E-state index is -5.99. The van der Waals surface area contributed by atoms with Gasteiger partial charge in [0.15, 0.2) is 5.82 Å². The van der Waals surface area contributed by atoms with Gasteiger partial charge in [-0.05, 0) is 18.2 Å². The van der Waals surface area contributed by atoms with E-state index >= 15 is 0 Å². The molecule has 4 rings (SSSR count). The molecule has 0 unspecified atom stereocenters. The second kappa shape index (κ2) is 9.22. The molecule has 36 heavy (non-hydrogen) atoms. The quantitative estimate of drug-likeness (QED) is 0.350. The maximum absolute atomic E-state index is 14.2. The second-order valence-corrected chi connectivity index (χ2v) is 7.52. The maximum atomic E-state index is 14.2. The smallest absolute Gasteiger partial charge is 0.372 e. The van der Waals surface area contributed by atoms with Crippen LogP contribution in [0.2, 0.25) is 0 Å². The van der Waals surface area contributed by atoms with Crippen LogP contribution < -0.4 is 5.32 Å². The molecule has 0 fully saturated rings. The number of alkyl halides is 6. The van der Waals surface area contributed by atoms with Crippen molar-refractivity contribution in [2.75, 3.05) is 11.9 Å². The normalized spacial score (nSPS) is 12.7. The summed E-state index contributed by atoms with van der Waals surface area (Å²) < 4.78 is 98.0. The Labute approximate surface area is 197 Å². The Hall–Kier alpha value is -4.01. The lowest BCUT2D eigenvalue weighted by Crippen LogP contribution is -2.61. The number of aliphatic hydroxyl groups is 1. The Morgan fingerprint density at radius 2 is 1.69 bits per heavy atom. The topological polar surface area (TPSA) is 102 Å². The Morgan fingerprint density at radius 1 is 0.972 bits per heavy atom. The average molecular weight is 516 g/mol. The zero-order chi connectivity index (χ0) is 26.1. The van der Waals surface area contributed by atoms with Crippen molar-refractivity contribution in [1.82, 2.24) is 24.9 Å². The molecule has 0 saturated carbocycles. The van der Waals surface area contributed by atoms with Crippen molar-refractivity contribution in [3.8, 4) is 22.9 Å². The van der Waals surface area contributed by atoms with Crippen LogP contribution in [0.4, 0.5) is 36.6 Å². The van der Waals surface area contributed by atoms with Crippen LogP contribution in [0, 0.1) is 5.82 Å². The molecule has 3 heterocycles. The zero-order valence-corrected chi connectivity index (χ0v) is 17.8.